The lowest BCUT2D eigenvalue weighted by Gasteiger charge is -2.14. The Bertz CT molecular complexity index is 434. The van der Waals surface area contributed by atoms with Crippen LogP contribution in [-0.4, -0.2) is 16.1 Å². The summed E-state index contributed by atoms with van der Waals surface area (Å²) in [6, 6.07) is 7.54. The fraction of sp³-hybridized carbons (Fsp3) is 0.273. The van der Waals surface area contributed by atoms with Gasteiger partial charge in [-0.2, -0.15) is 0 Å². The first kappa shape index (κ1) is 9.24. The summed E-state index contributed by atoms with van der Waals surface area (Å²) in [7, 11) is 0. The van der Waals surface area contributed by atoms with Gasteiger partial charge < -0.3 is 15.8 Å². The zero-order valence-corrected chi connectivity index (χ0v) is 8.07. The van der Waals surface area contributed by atoms with Gasteiger partial charge in [0.05, 0.1) is 6.10 Å². The molecule has 0 radical (unpaired) electrons. The molecule has 4 N–H and O–H groups in total. The van der Waals surface area contributed by atoms with Gasteiger partial charge in [-0.05, 0) is 36.1 Å². The van der Waals surface area contributed by atoms with Crippen LogP contribution in [0, 0.1) is 0 Å². The predicted molar refractivity (Wildman–Crippen MR) is 56.9 cm³/mol. The lowest BCUT2D eigenvalue weighted by atomic mass is 10.0. The van der Waals surface area contributed by atoms with Gasteiger partial charge in [-0.1, -0.05) is 6.07 Å². The molecule has 14 heavy (non-hydrogen) atoms. The highest BCUT2D eigenvalue weighted by Gasteiger charge is 2.12. The highest BCUT2D eigenvalue weighted by molar-refractivity contribution is 5.80. The van der Waals surface area contributed by atoms with Crippen LogP contribution in [0.3, 0.4) is 0 Å². The summed E-state index contributed by atoms with van der Waals surface area (Å²) in [5.74, 6) is 0. The van der Waals surface area contributed by atoms with Crippen LogP contribution in [0.5, 0.6) is 0 Å². The van der Waals surface area contributed by atoms with Crippen LogP contribution >= 0.6 is 0 Å². The van der Waals surface area contributed by atoms with Gasteiger partial charge >= 0.3 is 0 Å². The number of aromatic nitrogens is 1. The summed E-state index contributed by atoms with van der Waals surface area (Å²) in [5.41, 5.74) is 7.57. The molecule has 74 valence electrons. The summed E-state index contributed by atoms with van der Waals surface area (Å²) in [6.45, 7) is 1.80. The maximum Gasteiger partial charge on any atom is 0.0938 e. The second-order valence-corrected chi connectivity index (χ2v) is 3.63. The van der Waals surface area contributed by atoms with E-state index in [4.69, 9.17) is 5.73 Å². The summed E-state index contributed by atoms with van der Waals surface area (Å²) >= 11 is 0. The van der Waals surface area contributed by atoms with Crippen molar-refractivity contribution < 1.29 is 5.11 Å². The number of rotatable bonds is 2. The molecular formula is C11H14N2O. The second-order valence-electron chi connectivity index (χ2n) is 3.63. The van der Waals surface area contributed by atoms with Crippen LogP contribution in [0.2, 0.25) is 0 Å². The number of nitrogens with one attached hydrogen (secondary N) is 1. The first-order valence-corrected chi connectivity index (χ1v) is 4.69. The zero-order valence-electron chi connectivity index (χ0n) is 8.07. The molecule has 3 heteroatoms. The lowest BCUT2D eigenvalue weighted by molar-refractivity contribution is 0.153. The number of hydrogen-bond donors (Lipinski definition) is 3. The Hall–Kier alpha value is -1.32. The summed E-state index contributed by atoms with van der Waals surface area (Å²) < 4.78 is 0. The average Bonchev–Trinajstić information content (AvgIpc) is 2.62. The summed E-state index contributed by atoms with van der Waals surface area (Å²) in [5, 5.41) is 10.9. The number of aliphatic hydroxyl groups excluding tert-OH is 1. The van der Waals surface area contributed by atoms with Gasteiger partial charge in [0, 0.05) is 17.8 Å². The highest BCUT2D eigenvalue weighted by atomic mass is 16.3. The van der Waals surface area contributed by atoms with Crippen molar-refractivity contribution in [3.63, 3.8) is 0 Å². The fourth-order valence-corrected chi connectivity index (χ4v) is 1.56. The Morgan fingerprint density at radius 2 is 2.14 bits per heavy atom. The van der Waals surface area contributed by atoms with E-state index in [1.807, 2.05) is 30.5 Å². The Morgan fingerprint density at radius 1 is 1.36 bits per heavy atom. The summed E-state index contributed by atoms with van der Waals surface area (Å²) in [4.78, 5) is 3.10. The van der Waals surface area contributed by atoms with E-state index in [9.17, 15) is 5.11 Å². The van der Waals surface area contributed by atoms with Gasteiger partial charge in [0.1, 0.15) is 0 Å². The molecule has 0 unspecified atom stereocenters. The first-order valence-electron chi connectivity index (χ1n) is 4.69. The SMILES string of the molecule is C[C@H](N)[C@@H](O)c1ccc2[nH]ccc2c1. The first-order chi connectivity index (χ1) is 6.68. The minimum atomic E-state index is -0.589. The standard InChI is InChI=1S/C11H14N2O/c1-7(12)11(14)9-2-3-10-8(6-9)4-5-13-10/h2-7,11,13-14H,12H2,1H3/t7-,11+/m0/s1. The van der Waals surface area contributed by atoms with Crippen molar-refractivity contribution in [3.05, 3.63) is 36.0 Å². The van der Waals surface area contributed by atoms with Crippen molar-refractivity contribution >= 4 is 10.9 Å². The van der Waals surface area contributed by atoms with Gasteiger partial charge in [0.2, 0.25) is 0 Å². The van der Waals surface area contributed by atoms with E-state index >= 15 is 0 Å². The molecule has 0 aliphatic heterocycles. The topological polar surface area (TPSA) is 62.0 Å². The van der Waals surface area contributed by atoms with Crippen molar-refractivity contribution in [3.8, 4) is 0 Å². The average molecular weight is 190 g/mol. The molecule has 0 aliphatic rings. The fourth-order valence-electron chi connectivity index (χ4n) is 1.56. The van der Waals surface area contributed by atoms with Crippen LogP contribution in [-0.2, 0) is 0 Å². The number of benzene rings is 1. The van der Waals surface area contributed by atoms with Crippen molar-refractivity contribution in [2.75, 3.05) is 0 Å². The van der Waals surface area contributed by atoms with Crippen LogP contribution in [0.25, 0.3) is 10.9 Å². The molecule has 0 fully saturated rings. The van der Waals surface area contributed by atoms with E-state index in [1.165, 1.54) is 0 Å². The predicted octanol–water partition coefficient (Wildman–Crippen LogP) is 1.55. The van der Waals surface area contributed by atoms with E-state index in [2.05, 4.69) is 4.98 Å². The van der Waals surface area contributed by atoms with Gasteiger partial charge in [0.15, 0.2) is 0 Å². The lowest BCUT2D eigenvalue weighted by Crippen LogP contribution is -2.24. The molecule has 1 aromatic carbocycles. The number of hydrogen-bond acceptors (Lipinski definition) is 2. The summed E-state index contributed by atoms with van der Waals surface area (Å²) in [6.07, 6.45) is 1.29. The molecule has 0 amide bonds. The number of H-pyrrole nitrogens is 1. The molecule has 0 bridgehead atoms. The van der Waals surface area contributed by atoms with Gasteiger partial charge in [-0.3, -0.25) is 0 Å². The van der Waals surface area contributed by atoms with E-state index < -0.39 is 6.10 Å². The molecule has 0 saturated carbocycles. The molecule has 1 aromatic heterocycles. The van der Waals surface area contributed by atoms with E-state index in [-0.39, 0.29) is 6.04 Å². The minimum absolute atomic E-state index is 0.244. The molecular weight excluding hydrogens is 176 g/mol. The normalized spacial score (nSPS) is 15.6. The van der Waals surface area contributed by atoms with Crippen molar-refractivity contribution in [2.24, 2.45) is 5.73 Å². The molecule has 0 spiro atoms. The zero-order chi connectivity index (χ0) is 10.1. The molecule has 0 aliphatic carbocycles. The molecule has 1 heterocycles. The number of nitrogens with two attached hydrogens (primary N) is 1. The number of fused-ring (bicyclic) bond motifs is 1. The van der Waals surface area contributed by atoms with Crippen LogP contribution in [0.4, 0.5) is 0 Å². The molecule has 3 nitrogen and oxygen atoms in total. The maximum absolute atomic E-state index is 9.76. The number of aliphatic hydroxyl groups is 1. The second kappa shape index (κ2) is 3.44. The van der Waals surface area contributed by atoms with E-state index in [0.29, 0.717) is 0 Å². The highest BCUT2D eigenvalue weighted by Crippen LogP contribution is 2.20. The maximum atomic E-state index is 9.76. The molecule has 2 aromatic rings. The van der Waals surface area contributed by atoms with Crippen LogP contribution in [0.1, 0.15) is 18.6 Å². The van der Waals surface area contributed by atoms with Crippen molar-refractivity contribution in [2.45, 2.75) is 19.1 Å². The quantitative estimate of drug-likeness (QED) is 0.672. The van der Waals surface area contributed by atoms with Gasteiger partial charge in [0.25, 0.3) is 0 Å². The third kappa shape index (κ3) is 1.52. The van der Waals surface area contributed by atoms with Gasteiger partial charge in [-0.15, -0.1) is 0 Å². The Kier molecular flexibility index (Phi) is 2.27. The van der Waals surface area contributed by atoms with Crippen LogP contribution in [0.15, 0.2) is 30.5 Å². The molecule has 2 atom stereocenters. The smallest absolute Gasteiger partial charge is 0.0938 e. The third-order valence-corrected chi connectivity index (χ3v) is 2.42. The Labute approximate surface area is 82.6 Å². The van der Waals surface area contributed by atoms with E-state index in [1.54, 1.807) is 6.92 Å². The Morgan fingerprint density at radius 3 is 2.86 bits per heavy atom. The Balaban J connectivity index is 2.43. The van der Waals surface area contributed by atoms with Gasteiger partial charge in [-0.25, -0.2) is 0 Å². The largest absolute Gasteiger partial charge is 0.387 e. The third-order valence-electron chi connectivity index (χ3n) is 2.42. The van der Waals surface area contributed by atoms with Crippen molar-refractivity contribution in [1.82, 2.24) is 4.98 Å². The molecule has 2 rings (SSSR count). The number of aromatic amines is 1. The van der Waals surface area contributed by atoms with Crippen LogP contribution < -0.4 is 5.73 Å². The molecule has 0 saturated heterocycles. The van der Waals surface area contributed by atoms with E-state index in [0.717, 1.165) is 16.5 Å². The minimum Gasteiger partial charge on any atom is -0.387 e. The monoisotopic (exact) mass is 190 g/mol. The van der Waals surface area contributed by atoms with Crippen molar-refractivity contribution in [1.29, 1.82) is 0 Å².